The van der Waals surface area contributed by atoms with Crippen molar-refractivity contribution in [1.29, 1.82) is 0 Å². The number of amidine groups is 1. The second-order valence-corrected chi connectivity index (χ2v) is 8.26. The van der Waals surface area contributed by atoms with E-state index < -0.39 is 9.84 Å². The lowest BCUT2D eigenvalue weighted by atomic mass is 10.1. The highest BCUT2D eigenvalue weighted by Crippen LogP contribution is 2.35. The molecule has 0 radical (unpaired) electrons. The van der Waals surface area contributed by atoms with Gasteiger partial charge in [0.2, 0.25) is 0 Å². The molecule has 0 bridgehead atoms. The Morgan fingerprint density at radius 2 is 2.15 bits per heavy atom. The molecule has 1 saturated heterocycles. The van der Waals surface area contributed by atoms with Crippen LogP contribution >= 0.6 is 11.8 Å². The highest BCUT2D eigenvalue weighted by atomic mass is 32.2. The maximum absolute atomic E-state index is 14.0. The number of rotatable bonds is 2. The van der Waals surface area contributed by atoms with Gasteiger partial charge in [0.05, 0.1) is 29.3 Å². The molecule has 0 saturated carbocycles. The number of anilines is 1. The van der Waals surface area contributed by atoms with Crippen molar-refractivity contribution in [1.82, 2.24) is 0 Å². The van der Waals surface area contributed by atoms with Crippen LogP contribution in [0.15, 0.2) is 29.3 Å². The molecule has 3 rings (SSSR count). The SMILES string of the molecule is CCSC1=N[C@@H]2CS(=O)(=O)C[C@@H]2N1c1ccccc1F. The largest absolute Gasteiger partial charge is 0.312 e. The Kier molecular flexibility index (Phi) is 3.50. The van der Waals surface area contributed by atoms with Gasteiger partial charge in [-0.25, -0.2) is 12.8 Å². The zero-order valence-electron chi connectivity index (χ0n) is 11.0. The Labute approximate surface area is 122 Å². The van der Waals surface area contributed by atoms with Crippen molar-refractivity contribution in [2.45, 2.75) is 19.0 Å². The predicted molar refractivity (Wildman–Crippen MR) is 80.7 cm³/mol. The molecule has 2 atom stereocenters. The van der Waals surface area contributed by atoms with Gasteiger partial charge in [0.15, 0.2) is 15.0 Å². The molecule has 0 N–H and O–H groups in total. The van der Waals surface area contributed by atoms with E-state index in [1.165, 1.54) is 17.8 Å². The van der Waals surface area contributed by atoms with E-state index in [0.717, 1.165) is 10.9 Å². The molecule has 0 aromatic heterocycles. The van der Waals surface area contributed by atoms with Gasteiger partial charge in [-0.3, -0.25) is 4.99 Å². The molecule has 7 heteroatoms. The number of halogens is 1. The van der Waals surface area contributed by atoms with Gasteiger partial charge in [-0.1, -0.05) is 30.8 Å². The Balaban J connectivity index is 2.03. The summed E-state index contributed by atoms with van der Waals surface area (Å²) in [4.78, 5) is 6.26. The van der Waals surface area contributed by atoms with Gasteiger partial charge in [-0.05, 0) is 17.9 Å². The first-order chi connectivity index (χ1) is 9.52. The molecule has 20 heavy (non-hydrogen) atoms. The fraction of sp³-hybridized carbons (Fsp3) is 0.462. The summed E-state index contributed by atoms with van der Waals surface area (Å²) in [5.41, 5.74) is 0.414. The normalized spacial score (nSPS) is 27.5. The van der Waals surface area contributed by atoms with Crippen molar-refractivity contribution in [3.63, 3.8) is 0 Å². The molecule has 4 nitrogen and oxygen atoms in total. The van der Waals surface area contributed by atoms with E-state index in [9.17, 15) is 12.8 Å². The van der Waals surface area contributed by atoms with Crippen molar-refractivity contribution in [3.05, 3.63) is 30.1 Å². The number of hydrogen-bond donors (Lipinski definition) is 0. The van der Waals surface area contributed by atoms with E-state index in [2.05, 4.69) is 4.99 Å². The smallest absolute Gasteiger partial charge is 0.164 e. The summed E-state index contributed by atoms with van der Waals surface area (Å²) in [5, 5.41) is 0.725. The van der Waals surface area contributed by atoms with E-state index in [0.29, 0.717) is 5.69 Å². The molecule has 0 unspecified atom stereocenters. The minimum atomic E-state index is -3.08. The third-order valence-electron chi connectivity index (χ3n) is 3.49. The fourth-order valence-corrected chi connectivity index (χ4v) is 5.38. The van der Waals surface area contributed by atoms with Crippen LogP contribution in [0.4, 0.5) is 10.1 Å². The average molecular weight is 314 g/mol. The van der Waals surface area contributed by atoms with Crippen molar-refractivity contribution in [3.8, 4) is 0 Å². The lowest BCUT2D eigenvalue weighted by Gasteiger charge is -2.26. The minimum Gasteiger partial charge on any atom is -0.312 e. The maximum Gasteiger partial charge on any atom is 0.164 e. The summed E-state index contributed by atoms with van der Waals surface area (Å²) in [5.74, 6) is 0.581. The Hall–Kier alpha value is -1.08. The first kappa shape index (κ1) is 13.9. The van der Waals surface area contributed by atoms with Gasteiger partial charge in [0.25, 0.3) is 0 Å². The Morgan fingerprint density at radius 3 is 2.85 bits per heavy atom. The van der Waals surface area contributed by atoms with Gasteiger partial charge < -0.3 is 4.90 Å². The van der Waals surface area contributed by atoms with Crippen LogP contribution in [0, 0.1) is 5.82 Å². The van der Waals surface area contributed by atoms with Crippen molar-refractivity contribution in [2.75, 3.05) is 22.2 Å². The molecule has 0 spiro atoms. The zero-order valence-corrected chi connectivity index (χ0v) is 12.6. The average Bonchev–Trinajstić information content (AvgIpc) is 2.82. The van der Waals surface area contributed by atoms with Gasteiger partial charge in [-0.2, -0.15) is 0 Å². The van der Waals surface area contributed by atoms with Gasteiger partial charge >= 0.3 is 0 Å². The lowest BCUT2D eigenvalue weighted by Crippen LogP contribution is -2.39. The monoisotopic (exact) mass is 314 g/mol. The Morgan fingerprint density at radius 1 is 1.40 bits per heavy atom. The Bertz CT molecular complexity index is 660. The first-order valence-electron chi connectivity index (χ1n) is 6.46. The highest BCUT2D eigenvalue weighted by Gasteiger charge is 2.47. The van der Waals surface area contributed by atoms with Crippen LogP contribution in [0.3, 0.4) is 0 Å². The van der Waals surface area contributed by atoms with Crippen LogP contribution in [0.2, 0.25) is 0 Å². The van der Waals surface area contributed by atoms with Crippen molar-refractivity contribution >= 4 is 32.5 Å². The number of thioether (sulfide) groups is 1. The number of hydrogen-bond acceptors (Lipinski definition) is 5. The number of sulfone groups is 1. The molecular weight excluding hydrogens is 299 g/mol. The molecule has 2 aliphatic rings. The van der Waals surface area contributed by atoms with Crippen molar-refractivity contribution < 1.29 is 12.8 Å². The summed E-state index contributed by atoms with van der Waals surface area (Å²) in [6.45, 7) is 2.00. The maximum atomic E-state index is 14.0. The summed E-state index contributed by atoms with van der Waals surface area (Å²) in [6, 6.07) is 5.90. The van der Waals surface area contributed by atoms with E-state index in [1.807, 2.05) is 6.92 Å². The van der Waals surface area contributed by atoms with Gasteiger partial charge in [0, 0.05) is 0 Å². The second kappa shape index (κ2) is 5.04. The third kappa shape index (κ3) is 2.33. The quantitative estimate of drug-likeness (QED) is 0.837. The van der Waals surface area contributed by atoms with Crippen molar-refractivity contribution in [2.24, 2.45) is 4.99 Å². The molecule has 0 amide bonds. The van der Waals surface area contributed by atoms with Crippen LogP contribution in [-0.2, 0) is 9.84 Å². The number of para-hydroxylation sites is 1. The first-order valence-corrected chi connectivity index (χ1v) is 9.27. The fourth-order valence-electron chi connectivity index (χ4n) is 2.69. The van der Waals surface area contributed by atoms with E-state index in [1.54, 1.807) is 23.1 Å². The molecule has 2 aliphatic heterocycles. The van der Waals surface area contributed by atoms with Crippen LogP contribution in [-0.4, -0.2) is 42.9 Å². The van der Waals surface area contributed by atoms with Gasteiger partial charge in [0.1, 0.15) is 5.82 Å². The zero-order chi connectivity index (χ0) is 14.3. The molecule has 1 aromatic carbocycles. The molecular formula is C13H15FN2O2S2. The number of aliphatic imine (C=N–C) groups is 1. The van der Waals surface area contributed by atoms with E-state index in [-0.39, 0.29) is 29.4 Å². The topological polar surface area (TPSA) is 49.7 Å². The summed E-state index contributed by atoms with van der Waals surface area (Å²) in [7, 11) is -3.08. The summed E-state index contributed by atoms with van der Waals surface area (Å²) in [6.07, 6.45) is 0. The lowest BCUT2D eigenvalue weighted by molar-refractivity contribution is 0.600. The third-order valence-corrected chi connectivity index (χ3v) is 6.04. The minimum absolute atomic E-state index is 0.0449. The number of nitrogens with zero attached hydrogens (tertiary/aromatic N) is 2. The molecule has 1 fully saturated rings. The molecule has 1 aromatic rings. The summed E-state index contributed by atoms with van der Waals surface area (Å²) >= 11 is 1.52. The second-order valence-electron chi connectivity index (χ2n) is 4.88. The molecule has 0 aliphatic carbocycles. The molecule has 108 valence electrons. The van der Waals surface area contributed by atoms with Crippen LogP contribution in [0.5, 0.6) is 0 Å². The van der Waals surface area contributed by atoms with Crippen LogP contribution in [0.1, 0.15) is 6.92 Å². The number of fused-ring (bicyclic) bond motifs is 1. The van der Waals surface area contributed by atoms with E-state index in [4.69, 9.17) is 0 Å². The standard InChI is InChI=1S/C13H15FN2O2S2/c1-2-19-13-15-10-7-20(17,18)8-12(10)16(13)11-6-4-3-5-9(11)14/h3-6,10,12H,2,7-8H2,1H3/t10-,12+/m1/s1. The highest BCUT2D eigenvalue weighted by molar-refractivity contribution is 8.14. The van der Waals surface area contributed by atoms with Crippen LogP contribution in [0.25, 0.3) is 0 Å². The molecule has 2 heterocycles. The van der Waals surface area contributed by atoms with Gasteiger partial charge in [-0.15, -0.1) is 0 Å². The predicted octanol–water partition coefficient (Wildman–Crippen LogP) is 1.92. The van der Waals surface area contributed by atoms with E-state index >= 15 is 0 Å². The summed E-state index contributed by atoms with van der Waals surface area (Å²) < 4.78 is 37.6. The number of benzene rings is 1. The van der Waals surface area contributed by atoms with Crippen LogP contribution < -0.4 is 4.90 Å².